The third kappa shape index (κ3) is 8.33. The Morgan fingerprint density at radius 3 is 2.48 bits per heavy atom. The van der Waals surface area contributed by atoms with Gasteiger partial charge in [-0.3, -0.25) is 0 Å². The molecule has 0 aromatic heterocycles. The number of aryl methyl sites for hydroxylation is 1. The number of hydrogen-bond donors (Lipinski definition) is 3. The lowest BCUT2D eigenvalue weighted by Gasteiger charge is -2.28. The van der Waals surface area contributed by atoms with Crippen molar-refractivity contribution < 1.29 is 15.0 Å². The number of aliphatic hydroxyl groups is 1. The van der Waals surface area contributed by atoms with Crippen LogP contribution in [0.4, 0.5) is 0 Å². The van der Waals surface area contributed by atoms with Gasteiger partial charge in [0.15, 0.2) is 0 Å². The van der Waals surface area contributed by atoms with Crippen molar-refractivity contribution >= 4 is 5.97 Å². The standard InChI is InChI=1S/C16H21N.C3H6O3/c1-16(12-6-3-7-13-16)17-14-8-11-15-9-4-2-5-10-15;1-2(4)3(5)6/h2-7,9-10,12,17H,8,11,13-14H2,1H3;2,4H,1H3,(H,5,6). The molecule has 126 valence electrons. The van der Waals surface area contributed by atoms with Gasteiger partial charge in [0.05, 0.1) is 0 Å². The third-order valence-electron chi connectivity index (χ3n) is 3.62. The first kappa shape index (κ1) is 19.1. The Bertz CT molecular complexity index is 523. The summed E-state index contributed by atoms with van der Waals surface area (Å²) in [5.41, 5.74) is 1.59. The molecular formula is C19H27NO3. The van der Waals surface area contributed by atoms with E-state index in [2.05, 4.69) is 66.9 Å². The van der Waals surface area contributed by atoms with Crippen molar-refractivity contribution in [2.45, 2.75) is 44.8 Å². The predicted molar refractivity (Wildman–Crippen MR) is 93.4 cm³/mol. The van der Waals surface area contributed by atoms with Gasteiger partial charge in [0.2, 0.25) is 0 Å². The van der Waals surface area contributed by atoms with Crippen LogP contribution in [-0.4, -0.2) is 34.4 Å². The van der Waals surface area contributed by atoms with Crippen LogP contribution in [0.15, 0.2) is 54.6 Å². The summed E-state index contributed by atoms with van der Waals surface area (Å²) in [4.78, 5) is 9.45. The van der Waals surface area contributed by atoms with E-state index in [0.717, 1.165) is 19.4 Å². The molecule has 0 saturated carbocycles. The number of aliphatic carboxylic acids is 1. The summed E-state index contributed by atoms with van der Waals surface area (Å²) in [5.74, 6) is -1.19. The molecule has 4 heteroatoms. The number of allylic oxidation sites excluding steroid dienone is 2. The second-order valence-corrected chi connectivity index (χ2v) is 5.94. The van der Waals surface area contributed by atoms with Crippen LogP contribution in [0.1, 0.15) is 32.3 Å². The Hall–Kier alpha value is -1.91. The molecule has 1 aliphatic carbocycles. The highest BCUT2D eigenvalue weighted by molar-refractivity contribution is 5.71. The van der Waals surface area contributed by atoms with Gasteiger partial charge < -0.3 is 15.5 Å². The van der Waals surface area contributed by atoms with E-state index in [-0.39, 0.29) is 5.54 Å². The van der Waals surface area contributed by atoms with E-state index in [1.165, 1.54) is 18.9 Å². The highest BCUT2D eigenvalue weighted by Gasteiger charge is 2.18. The lowest BCUT2D eigenvalue weighted by molar-refractivity contribution is -0.145. The van der Waals surface area contributed by atoms with Crippen molar-refractivity contribution in [3.8, 4) is 0 Å². The fourth-order valence-electron chi connectivity index (χ4n) is 2.17. The molecule has 2 rings (SSSR count). The van der Waals surface area contributed by atoms with Gasteiger partial charge in [-0.15, -0.1) is 0 Å². The van der Waals surface area contributed by atoms with Crippen molar-refractivity contribution in [1.29, 1.82) is 0 Å². The zero-order chi connectivity index (χ0) is 17.1. The van der Waals surface area contributed by atoms with Crippen LogP contribution < -0.4 is 5.32 Å². The fourth-order valence-corrected chi connectivity index (χ4v) is 2.17. The molecule has 23 heavy (non-hydrogen) atoms. The quantitative estimate of drug-likeness (QED) is 0.706. The number of carboxylic acid groups (broad SMARTS) is 1. The van der Waals surface area contributed by atoms with E-state index in [0.29, 0.717) is 0 Å². The molecule has 1 aromatic rings. The minimum absolute atomic E-state index is 0.158. The molecular weight excluding hydrogens is 290 g/mol. The molecule has 4 nitrogen and oxygen atoms in total. The first-order chi connectivity index (χ1) is 10.9. The largest absolute Gasteiger partial charge is 0.479 e. The number of benzene rings is 1. The topological polar surface area (TPSA) is 69.6 Å². The molecule has 0 radical (unpaired) electrons. The van der Waals surface area contributed by atoms with Gasteiger partial charge in [0.25, 0.3) is 0 Å². The summed E-state index contributed by atoms with van der Waals surface area (Å²) in [5, 5.41) is 19.4. The van der Waals surface area contributed by atoms with Crippen molar-refractivity contribution in [2.75, 3.05) is 6.54 Å². The van der Waals surface area contributed by atoms with E-state index in [4.69, 9.17) is 10.2 Å². The lowest BCUT2D eigenvalue weighted by atomic mass is 9.93. The molecule has 3 N–H and O–H groups in total. The lowest BCUT2D eigenvalue weighted by Crippen LogP contribution is -2.41. The van der Waals surface area contributed by atoms with Gasteiger partial charge in [-0.1, -0.05) is 54.6 Å². The molecule has 2 atom stereocenters. The highest BCUT2D eigenvalue weighted by Crippen LogP contribution is 2.16. The maximum Gasteiger partial charge on any atom is 0.332 e. The van der Waals surface area contributed by atoms with Crippen LogP contribution in [0.2, 0.25) is 0 Å². The van der Waals surface area contributed by atoms with Gasteiger partial charge in [-0.25, -0.2) is 4.79 Å². The van der Waals surface area contributed by atoms with Crippen LogP contribution in [0, 0.1) is 0 Å². The molecule has 0 heterocycles. The zero-order valence-electron chi connectivity index (χ0n) is 13.9. The Balaban J connectivity index is 0.000000379. The Morgan fingerprint density at radius 2 is 1.96 bits per heavy atom. The Kier molecular flexibility index (Phi) is 8.30. The summed E-state index contributed by atoms with van der Waals surface area (Å²) in [6, 6.07) is 10.7. The van der Waals surface area contributed by atoms with Gasteiger partial charge in [0.1, 0.15) is 6.10 Å². The highest BCUT2D eigenvalue weighted by atomic mass is 16.4. The van der Waals surface area contributed by atoms with Crippen molar-refractivity contribution in [1.82, 2.24) is 5.32 Å². The van der Waals surface area contributed by atoms with Crippen molar-refractivity contribution in [3.05, 3.63) is 60.2 Å². The van der Waals surface area contributed by atoms with Crippen LogP contribution >= 0.6 is 0 Å². The summed E-state index contributed by atoms with van der Waals surface area (Å²) in [6.07, 6.45) is 10.9. The molecule has 0 bridgehead atoms. The van der Waals surface area contributed by atoms with E-state index in [9.17, 15) is 4.79 Å². The average molecular weight is 317 g/mol. The van der Waals surface area contributed by atoms with Gasteiger partial charge in [-0.2, -0.15) is 0 Å². The molecule has 0 spiro atoms. The first-order valence-electron chi connectivity index (χ1n) is 7.97. The molecule has 0 aliphatic heterocycles. The number of rotatable bonds is 6. The summed E-state index contributed by atoms with van der Waals surface area (Å²) >= 11 is 0. The maximum atomic E-state index is 9.45. The molecule has 0 fully saturated rings. The monoisotopic (exact) mass is 317 g/mol. The normalized spacial score (nSPS) is 20.5. The second kappa shape index (κ2) is 9.98. The fraction of sp³-hybridized carbons (Fsp3) is 0.421. The molecule has 2 unspecified atom stereocenters. The van der Waals surface area contributed by atoms with Crippen LogP contribution in [-0.2, 0) is 11.2 Å². The van der Waals surface area contributed by atoms with E-state index in [1.807, 2.05) is 0 Å². The SMILES string of the molecule is CC(O)C(=O)O.CC1(NCCCc2ccccc2)C=CC=CC1. The third-order valence-corrected chi connectivity index (χ3v) is 3.62. The number of carbonyl (C=O) groups is 1. The number of carboxylic acids is 1. The first-order valence-corrected chi connectivity index (χ1v) is 7.97. The maximum absolute atomic E-state index is 9.45. The zero-order valence-corrected chi connectivity index (χ0v) is 13.9. The molecule has 0 amide bonds. The van der Waals surface area contributed by atoms with Crippen molar-refractivity contribution in [3.63, 3.8) is 0 Å². The molecule has 0 saturated heterocycles. The van der Waals surface area contributed by atoms with E-state index >= 15 is 0 Å². The summed E-state index contributed by atoms with van der Waals surface area (Å²) in [7, 11) is 0. The number of aliphatic hydroxyl groups excluding tert-OH is 1. The van der Waals surface area contributed by atoms with E-state index < -0.39 is 12.1 Å². The summed E-state index contributed by atoms with van der Waals surface area (Å²) in [6.45, 7) is 4.53. The minimum Gasteiger partial charge on any atom is -0.479 e. The van der Waals surface area contributed by atoms with Crippen molar-refractivity contribution in [2.24, 2.45) is 0 Å². The van der Waals surface area contributed by atoms with Gasteiger partial charge in [0, 0.05) is 5.54 Å². The average Bonchev–Trinajstić information content (AvgIpc) is 2.54. The Labute approximate surface area is 138 Å². The van der Waals surface area contributed by atoms with E-state index in [1.54, 1.807) is 0 Å². The van der Waals surface area contributed by atoms with Crippen LogP contribution in [0.25, 0.3) is 0 Å². The number of nitrogens with one attached hydrogen (secondary N) is 1. The Morgan fingerprint density at radius 1 is 1.30 bits per heavy atom. The smallest absolute Gasteiger partial charge is 0.332 e. The van der Waals surface area contributed by atoms with Crippen LogP contribution in [0.3, 0.4) is 0 Å². The molecule has 1 aliphatic rings. The second-order valence-electron chi connectivity index (χ2n) is 5.94. The predicted octanol–water partition coefficient (Wildman–Crippen LogP) is 2.94. The van der Waals surface area contributed by atoms with Crippen LogP contribution in [0.5, 0.6) is 0 Å². The van der Waals surface area contributed by atoms with Gasteiger partial charge >= 0.3 is 5.97 Å². The summed E-state index contributed by atoms with van der Waals surface area (Å²) < 4.78 is 0. The van der Waals surface area contributed by atoms with Gasteiger partial charge in [-0.05, 0) is 45.2 Å². The number of hydrogen-bond acceptors (Lipinski definition) is 3. The molecule has 1 aromatic carbocycles. The minimum atomic E-state index is -1.23.